The number of carbonyl (C=O) groups excluding carboxylic acids is 1. The number of benzene rings is 1. The first-order valence-electron chi connectivity index (χ1n) is 10.6. The molecule has 0 spiro atoms. The highest BCUT2D eigenvalue weighted by Gasteiger charge is 2.34. The molecule has 0 radical (unpaired) electrons. The van der Waals surface area contributed by atoms with Gasteiger partial charge in [0.25, 0.3) is 10.0 Å². The highest BCUT2D eigenvalue weighted by Crippen LogP contribution is 2.28. The minimum atomic E-state index is -3.63. The van der Waals surface area contributed by atoms with Gasteiger partial charge < -0.3 is 4.42 Å². The molecule has 1 aliphatic rings. The monoisotopic (exact) mass is 524 g/mol. The summed E-state index contributed by atoms with van der Waals surface area (Å²) in [7, 11) is -7.03. The van der Waals surface area contributed by atoms with Crippen molar-refractivity contribution in [1.82, 2.24) is 14.5 Å². The van der Waals surface area contributed by atoms with Gasteiger partial charge in [-0.25, -0.2) is 16.8 Å². The Hall–Kier alpha value is -2.61. The first-order chi connectivity index (χ1) is 16.1. The van der Waals surface area contributed by atoms with Crippen molar-refractivity contribution >= 4 is 43.1 Å². The smallest absolute Gasteiger partial charge is 0.322 e. The van der Waals surface area contributed by atoms with E-state index in [9.17, 15) is 21.6 Å². The van der Waals surface area contributed by atoms with Crippen molar-refractivity contribution in [2.75, 3.05) is 18.4 Å². The fourth-order valence-corrected chi connectivity index (χ4v) is 7.30. The van der Waals surface area contributed by atoms with Gasteiger partial charge in [-0.1, -0.05) is 11.2 Å². The molecular weight excluding hydrogens is 500 g/mol. The Morgan fingerprint density at radius 3 is 2.53 bits per heavy atom. The summed E-state index contributed by atoms with van der Waals surface area (Å²) in [5.74, 6) is -0.839. The Morgan fingerprint density at radius 1 is 1.15 bits per heavy atom. The Kier molecular flexibility index (Phi) is 6.90. The highest BCUT2D eigenvalue weighted by molar-refractivity contribution is 7.92. The zero-order valence-electron chi connectivity index (χ0n) is 18.5. The molecule has 1 atom stereocenters. The fraction of sp³-hybridized carbons (Fsp3) is 0.381. The van der Waals surface area contributed by atoms with Gasteiger partial charge in [-0.15, -0.1) is 16.4 Å². The van der Waals surface area contributed by atoms with E-state index in [1.165, 1.54) is 16.4 Å². The zero-order valence-corrected chi connectivity index (χ0v) is 21.0. The molecule has 1 N–H and O–H groups in total. The Morgan fingerprint density at radius 2 is 1.88 bits per heavy atom. The summed E-state index contributed by atoms with van der Waals surface area (Å²) in [6.07, 6.45) is 1.10. The molecule has 1 amide bonds. The van der Waals surface area contributed by atoms with Crippen molar-refractivity contribution < 1.29 is 26.0 Å². The third kappa shape index (κ3) is 4.92. The van der Waals surface area contributed by atoms with Gasteiger partial charge in [0.2, 0.25) is 11.8 Å². The largest absolute Gasteiger partial charge is 0.403 e. The molecular formula is C21H24N4O6S3. The highest BCUT2D eigenvalue weighted by atomic mass is 32.2. The van der Waals surface area contributed by atoms with Crippen LogP contribution >= 0.6 is 11.3 Å². The van der Waals surface area contributed by atoms with Gasteiger partial charge in [-0.05, 0) is 62.4 Å². The summed E-state index contributed by atoms with van der Waals surface area (Å²) in [6.45, 7) is 3.65. The molecule has 1 unspecified atom stereocenters. The summed E-state index contributed by atoms with van der Waals surface area (Å²) < 4.78 is 57.2. The number of carbonyl (C=O) groups is 1. The molecule has 13 heteroatoms. The zero-order chi connectivity index (χ0) is 24.5. The quantitative estimate of drug-likeness (QED) is 0.497. The van der Waals surface area contributed by atoms with E-state index in [4.69, 9.17) is 4.42 Å². The third-order valence-corrected chi connectivity index (χ3v) is 11.0. The van der Waals surface area contributed by atoms with Crippen molar-refractivity contribution in [3.8, 4) is 11.5 Å². The number of sulfonamides is 1. The number of hydrogen-bond donors (Lipinski definition) is 1. The maximum absolute atomic E-state index is 12.8. The van der Waals surface area contributed by atoms with E-state index < -0.39 is 36.9 Å². The van der Waals surface area contributed by atoms with Crippen LogP contribution in [0, 0.1) is 5.92 Å². The van der Waals surface area contributed by atoms with Crippen LogP contribution in [0.4, 0.5) is 6.01 Å². The summed E-state index contributed by atoms with van der Waals surface area (Å²) in [4.78, 5) is 13.0. The molecule has 3 heterocycles. The average Bonchev–Trinajstić information content (AvgIpc) is 3.52. The van der Waals surface area contributed by atoms with Crippen molar-refractivity contribution in [2.24, 2.45) is 5.92 Å². The van der Waals surface area contributed by atoms with Gasteiger partial charge in [0, 0.05) is 18.7 Å². The van der Waals surface area contributed by atoms with Gasteiger partial charge >= 0.3 is 6.01 Å². The van der Waals surface area contributed by atoms with Crippen LogP contribution in [0.25, 0.3) is 11.5 Å². The Bertz CT molecular complexity index is 1360. The first-order valence-corrected chi connectivity index (χ1v) is 14.5. The lowest BCUT2D eigenvalue weighted by atomic mass is 9.99. The Balaban J connectivity index is 1.42. The van der Waals surface area contributed by atoms with Crippen molar-refractivity contribution in [2.45, 2.75) is 41.0 Å². The van der Waals surface area contributed by atoms with Crippen LogP contribution in [0.1, 0.15) is 26.7 Å². The lowest BCUT2D eigenvalue weighted by Crippen LogP contribution is -2.43. The van der Waals surface area contributed by atoms with E-state index >= 15 is 0 Å². The van der Waals surface area contributed by atoms with Gasteiger partial charge in [0.05, 0.1) is 16.1 Å². The minimum Gasteiger partial charge on any atom is -0.403 e. The Labute approximate surface area is 202 Å². The lowest BCUT2D eigenvalue weighted by Gasteiger charge is -2.30. The van der Waals surface area contributed by atoms with Gasteiger partial charge in [0.15, 0.2) is 9.84 Å². The molecule has 2 aromatic heterocycles. The maximum atomic E-state index is 12.8. The minimum absolute atomic E-state index is 0.0683. The number of amides is 1. The number of sulfone groups is 1. The number of aromatic nitrogens is 2. The summed E-state index contributed by atoms with van der Waals surface area (Å²) in [5.41, 5.74) is 0.501. The summed E-state index contributed by atoms with van der Waals surface area (Å²) in [5, 5.41) is 11.5. The molecule has 0 bridgehead atoms. The SMILES string of the molecule is CC(C)S(=O)(=O)c1ccc(-c2nnc(NC(=O)C3CCCN(S(=O)(=O)c4cccs4)C3)o2)cc1. The lowest BCUT2D eigenvalue weighted by molar-refractivity contribution is -0.121. The normalized spacial score (nSPS) is 17.7. The fourth-order valence-electron chi connectivity index (χ4n) is 3.57. The second kappa shape index (κ2) is 9.56. The standard InChI is InChI=1S/C21H24N4O6S3/c1-14(2)33(27,28)17-9-7-15(8-10-17)20-23-24-21(31-20)22-19(26)16-5-3-11-25(13-16)34(29,30)18-6-4-12-32-18/h4,6-10,12,14,16H,3,5,11,13H2,1-2H3,(H,22,24,26). The molecule has 10 nitrogen and oxygen atoms in total. The number of thiophene rings is 1. The molecule has 34 heavy (non-hydrogen) atoms. The van der Waals surface area contributed by atoms with Gasteiger partial charge in [-0.2, -0.15) is 4.31 Å². The van der Waals surface area contributed by atoms with Crippen LogP contribution in [-0.2, 0) is 24.7 Å². The summed E-state index contributed by atoms with van der Waals surface area (Å²) in [6, 6.07) is 9.17. The van der Waals surface area contributed by atoms with Crippen LogP contribution in [0.5, 0.6) is 0 Å². The van der Waals surface area contributed by atoms with E-state index in [1.807, 2.05) is 0 Å². The van der Waals surface area contributed by atoms with Crippen molar-refractivity contribution in [3.05, 3.63) is 41.8 Å². The first kappa shape index (κ1) is 24.5. The third-order valence-electron chi connectivity index (χ3n) is 5.55. The van der Waals surface area contributed by atoms with Gasteiger partial charge in [0.1, 0.15) is 4.21 Å². The number of hydrogen-bond acceptors (Lipinski definition) is 9. The van der Waals surface area contributed by atoms with Crippen LogP contribution < -0.4 is 5.32 Å². The van der Waals surface area contributed by atoms with E-state index in [2.05, 4.69) is 15.5 Å². The molecule has 3 aromatic rings. The second-order valence-electron chi connectivity index (χ2n) is 8.15. The van der Waals surface area contributed by atoms with E-state index in [0.717, 1.165) is 11.3 Å². The van der Waals surface area contributed by atoms with E-state index in [-0.39, 0.29) is 27.6 Å². The molecule has 0 saturated carbocycles. The van der Waals surface area contributed by atoms with Crippen LogP contribution in [0.2, 0.25) is 0 Å². The van der Waals surface area contributed by atoms with Gasteiger partial charge in [-0.3, -0.25) is 10.1 Å². The van der Waals surface area contributed by atoms with Crippen molar-refractivity contribution in [1.29, 1.82) is 0 Å². The number of piperidine rings is 1. The van der Waals surface area contributed by atoms with E-state index in [0.29, 0.717) is 24.9 Å². The van der Waals surface area contributed by atoms with Crippen molar-refractivity contribution in [3.63, 3.8) is 0 Å². The molecule has 1 saturated heterocycles. The molecule has 182 valence electrons. The van der Waals surface area contributed by atoms with Crippen LogP contribution in [0.15, 0.2) is 55.3 Å². The van der Waals surface area contributed by atoms with E-state index in [1.54, 1.807) is 43.5 Å². The topological polar surface area (TPSA) is 140 Å². The average molecular weight is 525 g/mol. The number of nitrogens with zero attached hydrogens (tertiary/aromatic N) is 3. The predicted molar refractivity (Wildman–Crippen MR) is 126 cm³/mol. The predicted octanol–water partition coefficient (Wildman–Crippen LogP) is 3.02. The number of rotatable bonds is 7. The number of anilines is 1. The van der Waals surface area contributed by atoms with Crippen LogP contribution in [0.3, 0.4) is 0 Å². The molecule has 1 aliphatic heterocycles. The van der Waals surface area contributed by atoms with Crippen LogP contribution in [-0.4, -0.2) is 55.6 Å². The molecule has 4 rings (SSSR count). The molecule has 0 aliphatic carbocycles. The summed E-state index contributed by atoms with van der Waals surface area (Å²) >= 11 is 1.14. The molecule has 1 fully saturated rings. The maximum Gasteiger partial charge on any atom is 0.322 e. The second-order valence-corrected chi connectivity index (χ2v) is 13.8. The molecule has 1 aromatic carbocycles. The number of nitrogens with one attached hydrogen (secondary N) is 1.